The molecule has 0 saturated carbocycles. The van der Waals surface area contributed by atoms with Gasteiger partial charge in [-0.3, -0.25) is 4.79 Å². The first-order valence-electron chi connectivity index (χ1n) is 3.95. The number of halogens is 1. The van der Waals surface area contributed by atoms with E-state index in [0.717, 1.165) is 0 Å². The van der Waals surface area contributed by atoms with Crippen molar-refractivity contribution in [1.29, 1.82) is 0 Å². The third-order valence-corrected chi connectivity index (χ3v) is 2.36. The fourth-order valence-electron chi connectivity index (χ4n) is 0.768. The number of hydrogen-bond acceptors (Lipinski definition) is 2. The molecule has 1 unspecified atom stereocenters. The highest BCUT2D eigenvalue weighted by Gasteiger charge is 2.37. The van der Waals surface area contributed by atoms with Crippen molar-refractivity contribution in [1.82, 2.24) is 5.32 Å². The molecule has 1 atom stereocenters. The smallest absolute Gasteiger partial charge is 0.329 e. The lowest BCUT2D eigenvalue weighted by molar-refractivity contribution is -0.148. The van der Waals surface area contributed by atoms with Gasteiger partial charge in [-0.05, 0) is 12.8 Å². The molecule has 0 bridgehead atoms. The number of aliphatic carboxylic acids is 1. The van der Waals surface area contributed by atoms with Crippen LogP contribution >= 0.6 is 11.6 Å². The van der Waals surface area contributed by atoms with Crippen molar-refractivity contribution in [3.8, 4) is 0 Å². The van der Waals surface area contributed by atoms with Gasteiger partial charge in [-0.25, -0.2) is 4.79 Å². The van der Waals surface area contributed by atoms with E-state index in [1.807, 2.05) is 0 Å². The molecule has 0 aliphatic heterocycles. The van der Waals surface area contributed by atoms with Gasteiger partial charge in [0.05, 0.1) is 0 Å². The minimum Gasteiger partial charge on any atom is -0.480 e. The molecule has 0 spiro atoms. The maximum absolute atomic E-state index is 10.9. The normalized spacial score (nSPS) is 15.2. The van der Waals surface area contributed by atoms with E-state index in [2.05, 4.69) is 5.32 Å². The van der Waals surface area contributed by atoms with Crippen molar-refractivity contribution in [3.05, 3.63) is 0 Å². The lowest BCUT2D eigenvalue weighted by atomic mass is 9.88. The molecule has 76 valence electrons. The topological polar surface area (TPSA) is 66.4 Å². The van der Waals surface area contributed by atoms with Crippen LogP contribution in [0.3, 0.4) is 0 Å². The van der Waals surface area contributed by atoms with Gasteiger partial charge < -0.3 is 10.4 Å². The summed E-state index contributed by atoms with van der Waals surface area (Å²) in [7, 11) is 0. The number of hydrogen-bond donors (Lipinski definition) is 2. The Balaban J connectivity index is 4.61. The average molecular weight is 208 g/mol. The molecule has 0 heterocycles. The van der Waals surface area contributed by atoms with E-state index < -0.39 is 17.4 Å². The number of alkyl halides is 1. The zero-order chi connectivity index (χ0) is 10.6. The molecule has 0 fully saturated rings. The Morgan fingerprint density at radius 1 is 1.54 bits per heavy atom. The molecule has 2 N–H and O–H groups in total. The van der Waals surface area contributed by atoms with E-state index in [-0.39, 0.29) is 11.8 Å². The number of nitrogens with one attached hydrogen (secondary N) is 1. The molecule has 0 aromatic rings. The maximum Gasteiger partial charge on any atom is 0.329 e. The molecule has 0 aliphatic rings. The molecule has 0 aromatic carbocycles. The first-order valence-corrected chi connectivity index (χ1v) is 4.48. The van der Waals surface area contributed by atoms with Gasteiger partial charge in [0.2, 0.25) is 5.91 Å². The Kier molecular flexibility index (Phi) is 4.20. The number of carboxylic acid groups (broad SMARTS) is 1. The molecule has 0 aliphatic carbocycles. The quantitative estimate of drug-likeness (QED) is 0.672. The van der Waals surface area contributed by atoms with E-state index in [0.29, 0.717) is 0 Å². The van der Waals surface area contributed by atoms with Crippen LogP contribution in [0.1, 0.15) is 20.8 Å². The van der Waals surface area contributed by atoms with Crippen molar-refractivity contribution in [3.63, 3.8) is 0 Å². The van der Waals surface area contributed by atoms with Crippen LogP contribution in [0.4, 0.5) is 0 Å². The molecule has 1 amide bonds. The van der Waals surface area contributed by atoms with Crippen molar-refractivity contribution in [2.75, 3.05) is 5.88 Å². The summed E-state index contributed by atoms with van der Waals surface area (Å²) in [4.78, 5) is 21.8. The largest absolute Gasteiger partial charge is 0.480 e. The predicted octanol–water partition coefficient (Wildman–Crippen LogP) is 0.841. The first-order chi connectivity index (χ1) is 5.84. The fourth-order valence-corrected chi connectivity index (χ4v) is 0.835. The van der Waals surface area contributed by atoms with Crippen molar-refractivity contribution in [2.45, 2.75) is 26.3 Å². The maximum atomic E-state index is 10.9. The molecular weight excluding hydrogens is 194 g/mol. The van der Waals surface area contributed by atoms with Crippen LogP contribution in [0.15, 0.2) is 0 Å². The van der Waals surface area contributed by atoms with Crippen LogP contribution in [0, 0.1) is 5.92 Å². The summed E-state index contributed by atoms with van der Waals surface area (Å²) < 4.78 is 0. The summed E-state index contributed by atoms with van der Waals surface area (Å²) in [6.07, 6.45) is 0. The molecule has 13 heavy (non-hydrogen) atoms. The van der Waals surface area contributed by atoms with E-state index in [9.17, 15) is 9.59 Å². The Hall–Kier alpha value is -0.770. The molecular formula is C8H14ClNO3. The van der Waals surface area contributed by atoms with Crippen LogP contribution in [0.2, 0.25) is 0 Å². The molecule has 0 saturated heterocycles. The highest BCUT2D eigenvalue weighted by atomic mass is 35.5. The minimum absolute atomic E-state index is 0.197. The molecule has 0 aromatic heterocycles. The number of carbonyl (C=O) groups excluding carboxylic acids is 1. The van der Waals surface area contributed by atoms with Crippen LogP contribution < -0.4 is 5.32 Å². The van der Waals surface area contributed by atoms with Crippen molar-refractivity contribution in [2.24, 2.45) is 5.92 Å². The summed E-state index contributed by atoms with van der Waals surface area (Å²) >= 11 is 5.26. The van der Waals surface area contributed by atoms with E-state index in [4.69, 9.17) is 16.7 Å². The third-order valence-electron chi connectivity index (χ3n) is 2.12. The van der Waals surface area contributed by atoms with Gasteiger partial charge in [-0.1, -0.05) is 13.8 Å². The van der Waals surface area contributed by atoms with E-state index in [1.54, 1.807) is 13.8 Å². The Morgan fingerprint density at radius 2 is 2.00 bits per heavy atom. The van der Waals surface area contributed by atoms with Crippen LogP contribution in [0.5, 0.6) is 0 Å². The number of carbonyl (C=O) groups is 2. The summed E-state index contributed by atoms with van der Waals surface area (Å²) in [5, 5.41) is 11.3. The highest BCUT2D eigenvalue weighted by molar-refractivity contribution is 6.27. The standard InChI is InChI=1S/C8H14ClNO3/c1-5(2)8(3,7(12)13)10-6(11)4-9/h5H,4H2,1-3H3,(H,10,11)(H,12,13). The average Bonchev–Trinajstić information content (AvgIpc) is 2.03. The van der Waals surface area contributed by atoms with Gasteiger partial charge in [0.25, 0.3) is 0 Å². The van der Waals surface area contributed by atoms with Crippen molar-refractivity contribution >= 4 is 23.5 Å². The molecule has 0 radical (unpaired) electrons. The number of carboxylic acids is 1. The summed E-state index contributed by atoms with van der Waals surface area (Å²) in [6, 6.07) is 0. The van der Waals surface area contributed by atoms with Gasteiger partial charge in [-0.15, -0.1) is 11.6 Å². The van der Waals surface area contributed by atoms with E-state index >= 15 is 0 Å². The molecule has 0 rings (SSSR count). The predicted molar refractivity (Wildman–Crippen MR) is 49.7 cm³/mol. The lowest BCUT2D eigenvalue weighted by Crippen LogP contribution is -2.56. The van der Waals surface area contributed by atoms with Crippen molar-refractivity contribution < 1.29 is 14.7 Å². The third kappa shape index (κ3) is 2.88. The second kappa shape index (κ2) is 4.46. The lowest BCUT2D eigenvalue weighted by Gasteiger charge is -2.29. The van der Waals surface area contributed by atoms with Gasteiger partial charge >= 0.3 is 5.97 Å². The zero-order valence-corrected chi connectivity index (χ0v) is 8.68. The Bertz CT molecular complexity index is 217. The van der Waals surface area contributed by atoms with Crippen LogP contribution in [-0.4, -0.2) is 28.4 Å². The van der Waals surface area contributed by atoms with Gasteiger partial charge in [0.15, 0.2) is 0 Å². The van der Waals surface area contributed by atoms with Crippen LogP contribution in [-0.2, 0) is 9.59 Å². The second-order valence-corrected chi connectivity index (χ2v) is 3.61. The Labute approximate surface area is 82.3 Å². The number of amides is 1. The Morgan fingerprint density at radius 3 is 2.23 bits per heavy atom. The molecule has 4 nitrogen and oxygen atoms in total. The summed E-state index contributed by atoms with van der Waals surface area (Å²) in [6.45, 7) is 4.91. The van der Waals surface area contributed by atoms with Gasteiger partial charge in [-0.2, -0.15) is 0 Å². The summed E-state index contributed by atoms with van der Waals surface area (Å²) in [5.74, 6) is -1.95. The van der Waals surface area contributed by atoms with Gasteiger partial charge in [0, 0.05) is 0 Å². The van der Waals surface area contributed by atoms with Gasteiger partial charge in [0.1, 0.15) is 11.4 Å². The minimum atomic E-state index is -1.24. The zero-order valence-electron chi connectivity index (χ0n) is 7.93. The van der Waals surface area contributed by atoms with E-state index in [1.165, 1.54) is 6.92 Å². The fraction of sp³-hybridized carbons (Fsp3) is 0.750. The first kappa shape index (κ1) is 12.2. The highest BCUT2D eigenvalue weighted by Crippen LogP contribution is 2.16. The monoisotopic (exact) mass is 207 g/mol. The van der Waals surface area contributed by atoms with Crippen LogP contribution in [0.25, 0.3) is 0 Å². The number of rotatable bonds is 4. The molecule has 5 heteroatoms. The second-order valence-electron chi connectivity index (χ2n) is 3.34. The SMILES string of the molecule is CC(C)C(C)(NC(=O)CCl)C(=O)O. The summed E-state index contributed by atoms with van der Waals surface area (Å²) in [5.41, 5.74) is -1.24.